The minimum atomic E-state index is 0.0716. The molecule has 4 aliphatic heterocycles. The molecule has 4 rings (SSSR count). The van der Waals surface area contributed by atoms with E-state index >= 15 is 0 Å². The molecule has 1 N–H and O–H groups in total. The lowest BCUT2D eigenvalue weighted by Gasteiger charge is -2.40. The minimum absolute atomic E-state index is 0.0716. The highest BCUT2D eigenvalue weighted by Crippen LogP contribution is 2.47. The second kappa shape index (κ2) is 7.05. The number of hydrogen-bond acceptors (Lipinski definition) is 4. The number of hydrogen-bond donors (Lipinski definition) is 1. The number of nitrogens with zero attached hydrogens (tertiary/aromatic N) is 3. The molecule has 4 aliphatic rings. The van der Waals surface area contributed by atoms with Gasteiger partial charge in [0.15, 0.2) is 5.96 Å². The molecule has 142 valence electrons. The first-order valence-corrected chi connectivity index (χ1v) is 10.1. The smallest absolute Gasteiger partial charge is 0.194 e. The zero-order valence-electron chi connectivity index (χ0n) is 16.0. The standard InChI is InChI=1S/C19H34N4O2/c1-4-20-18(21-13-19(2,3)23-7-9-24-10-8-23)22-11-14-15(12-22)17-6-5-16(14)25-17/h14-17H,4-13H2,1-3H3,(H,20,21). The van der Waals surface area contributed by atoms with Crippen LogP contribution in [0.5, 0.6) is 0 Å². The van der Waals surface area contributed by atoms with Crippen LogP contribution >= 0.6 is 0 Å². The van der Waals surface area contributed by atoms with E-state index in [1.54, 1.807) is 0 Å². The molecular weight excluding hydrogens is 316 g/mol. The zero-order valence-corrected chi connectivity index (χ0v) is 16.0. The molecule has 25 heavy (non-hydrogen) atoms. The molecular formula is C19H34N4O2. The van der Waals surface area contributed by atoms with Gasteiger partial charge in [0.2, 0.25) is 0 Å². The lowest BCUT2D eigenvalue weighted by molar-refractivity contribution is -0.00689. The summed E-state index contributed by atoms with van der Waals surface area (Å²) in [5, 5.41) is 3.53. The van der Waals surface area contributed by atoms with E-state index in [-0.39, 0.29) is 5.54 Å². The van der Waals surface area contributed by atoms with Crippen LogP contribution in [0.2, 0.25) is 0 Å². The number of ether oxygens (including phenoxy) is 2. The second-order valence-corrected chi connectivity index (χ2v) is 8.61. The van der Waals surface area contributed by atoms with E-state index in [2.05, 4.69) is 35.9 Å². The van der Waals surface area contributed by atoms with Crippen molar-refractivity contribution in [1.82, 2.24) is 15.1 Å². The summed E-state index contributed by atoms with van der Waals surface area (Å²) in [6.07, 6.45) is 3.54. The second-order valence-electron chi connectivity index (χ2n) is 8.61. The number of aliphatic imine (C=N–C) groups is 1. The monoisotopic (exact) mass is 350 g/mol. The molecule has 4 saturated heterocycles. The molecule has 0 radical (unpaired) electrons. The van der Waals surface area contributed by atoms with Crippen molar-refractivity contribution in [2.45, 2.75) is 51.4 Å². The third kappa shape index (κ3) is 3.40. The highest BCUT2D eigenvalue weighted by Gasteiger charge is 2.53. The van der Waals surface area contributed by atoms with Crippen molar-refractivity contribution >= 4 is 5.96 Å². The Labute approximate surface area is 151 Å². The van der Waals surface area contributed by atoms with Crippen molar-refractivity contribution in [3.05, 3.63) is 0 Å². The molecule has 0 aromatic rings. The number of fused-ring (bicyclic) bond motifs is 5. The molecule has 4 fully saturated rings. The molecule has 0 aromatic heterocycles. The number of likely N-dealkylation sites (tertiary alicyclic amines) is 1. The molecule has 4 unspecified atom stereocenters. The van der Waals surface area contributed by atoms with E-state index < -0.39 is 0 Å². The SMILES string of the molecule is CCNC(=NCC(C)(C)N1CCOCC1)N1CC2C3CCC(O3)C2C1. The zero-order chi connectivity index (χ0) is 17.4. The van der Waals surface area contributed by atoms with Gasteiger partial charge >= 0.3 is 0 Å². The topological polar surface area (TPSA) is 49.3 Å². The highest BCUT2D eigenvalue weighted by molar-refractivity contribution is 5.80. The summed E-state index contributed by atoms with van der Waals surface area (Å²) in [5.41, 5.74) is 0.0716. The van der Waals surface area contributed by atoms with Crippen LogP contribution in [-0.2, 0) is 9.47 Å². The number of guanidine groups is 1. The average molecular weight is 351 g/mol. The molecule has 6 nitrogen and oxygen atoms in total. The molecule has 2 bridgehead atoms. The fraction of sp³-hybridized carbons (Fsp3) is 0.947. The predicted molar refractivity (Wildman–Crippen MR) is 98.9 cm³/mol. The lowest BCUT2D eigenvalue weighted by atomic mass is 9.82. The molecule has 4 atom stereocenters. The van der Waals surface area contributed by atoms with Crippen molar-refractivity contribution in [1.29, 1.82) is 0 Å². The van der Waals surface area contributed by atoms with E-state index in [9.17, 15) is 0 Å². The summed E-state index contributed by atoms with van der Waals surface area (Å²) in [6.45, 7) is 14.4. The van der Waals surface area contributed by atoms with Crippen LogP contribution in [0, 0.1) is 11.8 Å². The van der Waals surface area contributed by atoms with Gasteiger partial charge < -0.3 is 19.7 Å². The lowest BCUT2D eigenvalue weighted by Crippen LogP contribution is -2.52. The molecule has 0 amide bonds. The number of nitrogens with one attached hydrogen (secondary N) is 1. The van der Waals surface area contributed by atoms with E-state index in [4.69, 9.17) is 14.5 Å². The quantitative estimate of drug-likeness (QED) is 0.609. The third-order valence-electron chi connectivity index (χ3n) is 6.57. The van der Waals surface area contributed by atoms with Crippen LogP contribution in [0.3, 0.4) is 0 Å². The molecule has 0 saturated carbocycles. The third-order valence-corrected chi connectivity index (χ3v) is 6.57. The Balaban J connectivity index is 1.41. The molecule has 0 spiro atoms. The maximum atomic E-state index is 6.12. The van der Waals surface area contributed by atoms with Gasteiger partial charge in [-0.1, -0.05) is 0 Å². The van der Waals surface area contributed by atoms with Crippen molar-refractivity contribution in [3.8, 4) is 0 Å². The first-order chi connectivity index (χ1) is 12.1. The summed E-state index contributed by atoms with van der Waals surface area (Å²) in [4.78, 5) is 10.0. The number of morpholine rings is 1. The minimum Gasteiger partial charge on any atom is -0.379 e. The van der Waals surface area contributed by atoms with E-state index in [0.29, 0.717) is 12.2 Å². The highest BCUT2D eigenvalue weighted by atomic mass is 16.5. The first kappa shape index (κ1) is 17.6. The van der Waals surface area contributed by atoms with E-state index in [1.807, 2.05) is 0 Å². The van der Waals surface area contributed by atoms with Gasteiger partial charge in [0, 0.05) is 50.1 Å². The van der Waals surface area contributed by atoms with Crippen LogP contribution in [0.15, 0.2) is 4.99 Å². The van der Waals surface area contributed by atoms with E-state index in [1.165, 1.54) is 12.8 Å². The van der Waals surface area contributed by atoms with Crippen LogP contribution < -0.4 is 5.32 Å². The van der Waals surface area contributed by atoms with Gasteiger partial charge in [-0.2, -0.15) is 0 Å². The fourth-order valence-corrected chi connectivity index (χ4v) is 5.10. The Kier molecular flexibility index (Phi) is 4.95. The Morgan fingerprint density at radius 2 is 1.76 bits per heavy atom. The van der Waals surface area contributed by atoms with Crippen LogP contribution in [0.1, 0.15) is 33.6 Å². The Bertz CT molecular complexity index is 486. The summed E-state index contributed by atoms with van der Waals surface area (Å²) in [5.74, 6) is 2.53. The number of rotatable bonds is 4. The van der Waals surface area contributed by atoms with E-state index in [0.717, 1.165) is 70.3 Å². The maximum Gasteiger partial charge on any atom is 0.194 e. The average Bonchev–Trinajstić information content (AvgIpc) is 3.32. The maximum absolute atomic E-state index is 6.12. The van der Waals surface area contributed by atoms with Crippen molar-refractivity contribution in [2.24, 2.45) is 16.8 Å². The Morgan fingerprint density at radius 1 is 1.12 bits per heavy atom. The Hall–Kier alpha value is -0.850. The molecule has 4 heterocycles. The van der Waals surface area contributed by atoms with Gasteiger partial charge in [0.05, 0.1) is 32.0 Å². The van der Waals surface area contributed by atoms with Crippen LogP contribution in [0.4, 0.5) is 0 Å². The van der Waals surface area contributed by atoms with Gasteiger partial charge in [0.25, 0.3) is 0 Å². The van der Waals surface area contributed by atoms with Gasteiger partial charge in [-0.3, -0.25) is 9.89 Å². The van der Waals surface area contributed by atoms with Crippen molar-refractivity contribution in [3.63, 3.8) is 0 Å². The summed E-state index contributed by atoms with van der Waals surface area (Å²) >= 11 is 0. The normalized spacial score (nSPS) is 36.1. The van der Waals surface area contributed by atoms with Crippen LogP contribution in [-0.4, -0.2) is 86.0 Å². The summed E-state index contributed by atoms with van der Waals surface area (Å²) in [7, 11) is 0. The largest absolute Gasteiger partial charge is 0.379 e. The van der Waals surface area contributed by atoms with Gasteiger partial charge in [-0.05, 0) is 33.6 Å². The van der Waals surface area contributed by atoms with Crippen molar-refractivity contribution < 1.29 is 9.47 Å². The van der Waals surface area contributed by atoms with Crippen molar-refractivity contribution in [2.75, 3.05) is 52.5 Å². The first-order valence-electron chi connectivity index (χ1n) is 10.1. The fourth-order valence-electron chi connectivity index (χ4n) is 5.10. The van der Waals surface area contributed by atoms with Crippen LogP contribution in [0.25, 0.3) is 0 Å². The summed E-state index contributed by atoms with van der Waals surface area (Å²) in [6, 6.07) is 0. The van der Waals surface area contributed by atoms with Gasteiger partial charge in [-0.25, -0.2) is 0 Å². The Morgan fingerprint density at radius 3 is 2.36 bits per heavy atom. The molecule has 6 heteroatoms. The summed E-state index contributed by atoms with van der Waals surface area (Å²) < 4.78 is 11.6. The molecule has 0 aromatic carbocycles. The van der Waals surface area contributed by atoms with Gasteiger partial charge in [0.1, 0.15) is 0 Å². The predicted octanol–water partition coefficient (Wildman–Crippen LogP) is 1.17. The molecule has 0 aliphatic carbocycles. The van der Waals surface area contributed by atoms with Gasteiger partial charge in [-0.15, -0.1) is 0 Å².